The summed E-state index contributed by atoms with van der Waals surface area (Å²) in [7, 11) is 3.65. The number of benzene rings is 1. The van der Waals surface area contributed by atoms with E-state index < -0.39 is 0 Å². The van der Waals surface area contributed by atoms with E-state index >= 15 is 0 Å². The zero-order chi connectivity index (χ0) is 13.8. The topological polar surface area (TPSA) is 29.5 Å². The molecule has 0 spiro atoms. The average Bonchev–Trinajstić information content (AvgIpc) is 2.92. The van der Waals surface area contributed by atoms with Crippen molar-refractivity contribution in [2.45, 2.75) is 12.5 Å². The fourth-order valence-corrected chi connectivity index (χ4v) is 4.00. The molecular weight excluding hydrogens is 326 g/mol. The van der Waals surface area contributed by atoms with Crippen molar-refractivity contribution in [2.75, 3.05) is 32.2 Å². The van der Waals surface area contributed by atoms with Gasteiger partial charge in [0.2, 0.25) is 0 Å². The van der Waals surface area contributed by atoms with E-state index in [-0.39, 0.29) is 5.78 Å². The highest BCUT2D eigenvalue weighted by atomic mass is 79.9. The van der Waals surface area contributed by atoms with Crippen LogP contribution in [0.25, 0.3) is 0 Å². The summed E-state index contributed by atoms with van der Waals surface area (Å²) in [5, 5.41) is 0. The first kappa shape index (κ1) is 14.9. The van der Waals surface area contributed by atoms with Crippen LogP contribution in [0.1, 0.15) is 16.8 Å². The van der Waals surface area contributed by atoms with Crippen LogP contribution in [0.3, 0.4) is 0 Å². The fourth-order valence-electron chi connectivity index (χ4n) is 2.16. The fraction of sp³-hybridized carbons (Fsp3) is 0.500. The Bertz CT molecular complexity index is 461. The van der Waals surface area contributed by atoms with Crippen LogP contribution in [-0.4, -0.2) is 48.9 Å². The molecule has 1 saturated heterocycles. The van der Waals surface area contributed by atoms with E-state index in [1.807, 2.05) is 37.0 Å². The van der Waals surface area contributed by atoms with Crippen LogP contribution >= 0.6 is 27.7 Å². The number of ketones is 1. The van der Waals surface area contributed by atoms with Crippen LogP contribution in [0.2, 0.25) is 0 Å². The molecule has 0 saturated carbocycles. The van der Waals surface area contributed by atoms with Crippen LogP contribution in [0.4, 0.5) is 0 Å². The Kier molecular flexibility index (Phi) is 5.30. The summed E-state index contributed by atoms with van der Waals surface area (Å²) in [6.45, 7) is 0.476. The van der Waals surface area contributed by atoms with E-state index in [4.69, 9.17) is 4.74 Å². The number of halogens is 1. The predicted octanol–water partition coefficient (Wildman–Crippen LogP) is 3.08. The normalized spacial score (nSPS) is 18.8. The molecule has 5 heteroatoms. The third kappa shape index (κ3) is 3.74. The number of hydrogen-bond acceptors (Lipinski definition) is 4. The zero-order valence-corrected chi connectivity index (χ0v) is 13.6. The Morgan fingerprint density at radius 3 is 2.95 bits per heavy atom. The van der Waals surface area contributed by atoms with Gasteiger partial charge in [-0.05, 0) is 53.4 Å². The second-order valence-electron chi connectivity index (χ2n) is 4.71. The van der Waals surface area contributed by atoms with E-state index in [9.17, 15) is 4.79 Å². The quantitative estimate of drug-likeness (QED) is 0.768. The number of methoxy groups -OCH3 is 1. The van der Waals surface area contributed by atoms with Crippen molar-refractivity contribution in [2.24, 2.45) is 0 Å². The second-order valence-corrected chi connectivity index (χ2v) is 6.71. The Balaban J connectivity index is 2.01. The van der Waals surface area contributed by atoms with Gasteiger partial charge in [0.15, 0.2) is 5.78 Å². The van der Waals surface area contributed by atoms with Crippen molar-refractivity contribution in [3.63, 3.8) is 0 Å². The summed E-state index contributed by atoms with van der Waals surface area (Å²) in [6, 6.07) is 6.01. The molecule has 1 aliphatic rings. The van der Waals surface area contributed by atoms with Gasteiger partial charge in [-0.3, -0.25) is 9.69 Å². The Morgan fingerprint density at radius 1 is 1.58 bits per heavy atom. The number of hydrogen-bond donors (Lipinski definition) is 0. The standard InChI is InChI=1S/C14H18BrNO2S/c1-16(11-5-6-19-9-11)8-13(17)10-3-4-14(18-2)12(15)7-10/h3-4,7,11H,5-6,8-9H2,1-2H3. The van der Waals surface area contributed by atoms with Crippen LogP contribution in [0.15, 0.2) is 22.7 Å². The molecule has 19 heavy (non-hydrogen) atoms. The number of rotatable bonds is 5. The number of Topliss-reactive ketones (excluding diaryl/α,β-unsaturated/α-hetero) is 1. The summed E-state index contributed by atoms with van der Waals surface area (Å²) in [4.78, 5) is 14.4. The molecule has 1 heterocycles. The van der Waals surface area contributed by atoms with Gasteiger partial charge in [-0.15, -0.1) is 0 Å². The van der Waals surface area contributed by atoms with Crippen LogP contribution in [0.5, 0.6) is 5.75 Å². The number of ether oxygens (including phenoxy) is 1. The van der Waals surface area contributed by atoms with Gasteiger partial charge in [-0.25, -0.2) is 0 Å². The van der Waals surface area contributed by atoms with Crippen molar-refractivity contribution in [1.29, 1.82) is 0 Å². The van der Waals surface area contributed by atoms with Gasteiger partial charge in [0.25, 0.3) is 0 Å². The minimum Gasteiger partial charge on any atom is -0.496 e. The number of nitrogens with zero attached hydrogens (tertiary/aromatic N) is 1. The molecule has 2 rings (SSSR count). The van der Waals surface area contributed by atoms with Gasteiger partial charge < -0.3 is 4.74 Å². The molecule has 0 N–H and O–H groups in total. The minimum atomic E-state index is 0.155. The van der Waals surface area contributed by atoms with Crippen molar-refractivity contribution in [3.05, 3.63) is 28.2 Å². The van der Waals surface area contributed by atoms with Crippen molar-refractivity contribution < 1.29 is 9.53 Å². The number of likely N-dealkylation sites (N-methyl/N-ethyl adjacent to an activating group) is 1. The van der Waals surface area contributed by atoms with Gasteiger partial charge in [0.1, 0.15) is 5.75 Å². The van der Waals surface area contributed by atoms with E-state index in [2.05, 4.69) is 20.8 Å². The zero-order valence-electron chi connectivity index (χ0n) is 11.2. The van der Waals surface area contributed by atoms with Crippen LogP contribution in [0, 0.1) is 0 Å². The monoisotopic (exact) mass is 343 g/mol. The van der Waals surface area contributed by atoms with Crippen LogP contribution < -0.4 is 4.74 Å². The largest absolute Gasteiger partial charge is 0.496 e. The number of thioether (sulfide) groups is 1. The van der Waals surface area contributed by atoms with Crippen molar-refractivity contribution in [3.8, 4) is 5.75 Å². The molecule has 3 nitrogen and oxygen atoms in total. The number of carbonyl (C=O) groups excluding carboxylic acids is 1. The lowest BCUT2D eigenvalue weighted by molar-refractivity contribution is 0.0926. The molecule has 1 atom stereocenters. The third-order valence-electron chi connectivity index (χ3n) is 3.40. The third-order valence-corrected chi connectivity index (χ3v) is 5.16. The summed E-state index contributed by atoms with van der Waals surface area (Å²) >= 11 is 5.38. The molecule has 1 unspecified atom stereocenters. The molecule has 0 bridgehead atoms. The SMILES string of the molecule is COc1ccc(C(=O)CN(C)C2CCSC2)cc1Br. The molecule has 0 radical (unpaired) electrons. The Labute approximate surface area is 126 Å². The average molecular weight is 344 g/mol. The highest BCUT2D eigenvalue weighted by Gasteiger charge is 2.22. The summed E-state index contributed by atoms with van der Waals surface area (Å²) < 4.78 is 5.99. The lowest BCUT2D eigenvalue weighted by Crippen LogP contribution is -2.35. The van der Waals surface area contributed by atoms with E-state index in [1.165, 1.54) is 12.2 Å². The molecule has 1 fully saturated rings. The highest BCUT2D eigenvalue weighted by Crippen LogP contribution is 2.26. The van der Waals surface area contributed by atoms with Gasteiger partial charge in [-0.2, -0.15) is 11.8 Å². The van der Waals surface area contributed by atoms with Crippen molar-refractivity contribution >= 4 is 33.5 Å². The first-order valence-corrected chi connectivity index (χ1v) is 8.21. The smallest absolute Gasteiger partial charge is 0.176 e. The van der Waals surface area contributed by atoms with Gasteiger partial charge in [0.05, 0.1) is 18.1 Å². The predicted molar refractivity (Wildman–Crippen MR) is 83.4 cm³/mol. The second kappa shape index (κ2) is 6.77. The maximum Gasteiger partial charge on any atom is 0.176 e. The maximum absolute atomic E-state index is 12.3. The molecule has 0 aromatic heterocycles. The number of carbonyl (C=O) groups is 1. The summed E-state index contributed by atoms with van der Waals surface area (Å²) in [5.74, 6) is 3.24. The van der Waals surface area contributed by atoms with Gasteiger partial charge >= 0.3 is 0 Å². The van der Waals surface area contributed by atoms with E-state index in [0.29, 0.717) is 12.6 Å². The molecule has 104 valence electrons. The van der Waals surface area contributed by atoms with Crippen LogP contribution in [-0.2, 0) is 0 Å². The lowest BCUT2D eigenvalue weighted by atomic mass is 10.1. The molecular formula is C14H18BrNO2S. The molecule has 1 aromatic rings. The molecule has 1 aromatic carbocycles. The molecule has 1 aliphatic heterocycles. The maximum atomic E-state index is 12.3. The summed E-state index contributed by atoms with van der Waals surface area (Å²) in [5.41, 5.74) is 0.727. The minimum absolute atomic E-state index is 0.155. The van der Waals surface area contributed by atoms with E-state index in [1.54, 1.807) is 7.11 Å². The first-order chi connectivity index (χ1) is 9.11. The first-order valence-electron chi connectivity index (χ1n) is 6.26. The Morgan fingerprint density at radius 2 is 2.37 bits per heavy atom. The molecule has 0 amide bonds. The van der Waals surface area contributed by atoms with Crippen molar-refractivity contribution in [1.82, 2.24) is 4.90 Å². The summed E-state index contributed by atoms with van der Waals surface area (Å²) in [6.07, 6.45) is 1.18. The molecule has 0 aliphatic carbocycles. The Hall–Kier alpha value is -0.520. The van der Waals surface area contributed by atoms with Gasteiger partial charge in [-0.1, -0.05) is 0 Å². The lowest BCUT2D eigenvalue weighted by Gasteiger charge is -2.22. The van der Waals surface area contributed by atoms with E-state index in [0.717, 1.165) is 21.5 Å². The van der Waals surface area contributed by atoms with Gasteiger partial charge in [0, 0.05) is 17.4 Å². The highest BCUT2D eigenvalue weighted by molar-refractivity contribution is 9.10.